The lowest BCUT2D eigenvalue weighted by Gasteiger charge is -2.04. The Bertz CT molecular complexity index is 702. The Hall–Kier alpha value is -2.18. The van der Waals surface area contributed by atoms with Crippen molar-refractivity contribution in [3.63, 3.8) is 0 Å². The third-order valence-corrected chi connectivity index (χ3v) is 3.60. The van der Waals surface area contributed by atoms with Crippen molar-refractivity contribution in [2.24, 2.45) is 0 Å². The molecule has 0 aliphatic carbocycles. The van der Waals surface area contributed by atoms with E-state index in [1.807, 2.05) is 46.4 Å². The smallest absolute Gasteiger partial charge is 0.250 e. The van der Waals surface area contributed by atoms with Gasteiger partial charge >= 0.3 is 0 Å². The third-order valence-electron chi connectivity index (χ3n) is 2.83. The number of hydrogen-bond donors (Lipinski definition) is 1. The summed E-state index contributed by atoms with van der Waals surface area (Å²) < 4.78 is 6.76. The highest BCUT2D eigenvalue weighted by molar-refractivity contribution is 7.15. The third kappa shape index (κ3) is 2.56. The second-order valence-electron chi connectivity index (χ2n) is 4.28. The molecule has 1 aromatic carbocycles. The highest BCUT2D eigenvalue weighted by Gasteiger charge is 2.06. The molecule has 1 amide bonds. The number of fused-ring (bicyclic) bond motifs is 1. The molecule has 0 saturated heterocycles. The number of ether oxygens (including phenoxy) is 1. The molecule has 1 N–H and O–H groups in total. The van der Waals surface area contributed by atoms with Gasteiger partial charge in [0.2, 0.25) is 5.91 Å². The summed E-state index contributed by atoms with van der Waals surface area (Å²) >= 11 is 1.60. The van der Waals surface area contributed by atoms with Gasteiger partial charge in [-0.15, -0.1) is 11.3 Å². The second kappa shape index (κ2) is 5.44. The average Bonchev–Trinajstić information content (AvgIpc) is 3.00. The molecule has 0 fully saturated rings. The molecule has 3 rings (SSSR count). The lowest BCUT2D eigenvalue weighted by atomic mass is 10.1. The number of rotatable bonds is 4. The first-order valence-electron chi connectivity index (χ1n) is 6.08. The number of aromatic nitrogens is 2. The highest BCUT2D eigenvalue weighted by Crippen LogP contribution is 2.22. The quantitative estimate of drug-likeness (QED) is 0.802. The monoisotopic (exact) mass is 287 g/mol. The Morgan fingerprint density at radius 1 is 1.40 bits per heavy atom. The molecule has 0 aliphatic heterocycles. The summed E-state index contributed by atoms with van der Waals surface area (Å²) in [6.45, 7) is 0.0546. The summed E-state index contributed by atoms with van der Waals surface area (Å²) in [7, 11) is 1.49. The van der Waals surface area contributed by atoms with Crippen molar-refractivity contribution in [1.29, 1.82) is 0 Å². The molecular formula is C14H13N3O2S. The first-order valence-corrected chi connectivity index (χ1v) is 6.95. The molecule has 0 unspecified atom stereocenters. The van der Waals surface area contributed by atoms with Crippen LogP contribution in [0.4, 0.5) is 5.69 Å². The molecule has 6 heteroatoms. The molecule has 2 heterocycles. The first kappa shape index (κ1) is 12.8. The van der Waals surface area contributed by atoms with Crippen molar-refractivity contribution in [2.45, 2.75) is 0 Å². The lowest BCUT2D eigenvalue weighted by Crippen LogP contribution is -2.16. The van der Waals surface area contributed by atoms with Crippen molar-refractivity contribution < 1.29 is 9.53 Å². The van der Waals surface area contributed by atoms with Crippen LogP contribution in [0.2, 0.25) is 0 Å². The van der Waals surface area contributed by atoms with Crippen LogP contribution in [-0.4, -0.2) is 29.0 Å². The maximum atomic E-state index is 11.4. The zero-order chi connectivity index (χ0) is 13.9. The molecule has 0 radical (unpaired) electrons. The summed E-state index contributed by atoms with van der Waals surface area (Å²) in [5.74, 6) is -0.164. The number of nitrogens with zero attached hydrogens (tertiary/aromatic N) is 2. The van der Waals surface area contributed by atoms with Gasteiger partial charge in [-0.3, -0.25) is 9.20 Å². The van der Waals surface area contributed by atoms with E-state index in [1.54, 1.807) is 11.3 Å². The van der Waals surface area contributed by atoms with E-state index < -0.39 is 0 Å². The summed E-state index contributed by atoms with van der Waals surface area (Å²) in [6.07, 6.45) is 3.97. The number of nitrogens with one attached hydrogen (secondary N) is 1. The van der Waals surface area contributed by atoms with E-state index in [1.165, 1.54) is 7.11 Å². The van der Waals surface area contributed by atoms with Gasteiger partial charge in [-0.1, -0.05) is 12.1 Å². The lowest BCUT2D eigenvalue weighted by molar-refractivity contribution is -0.119. The van der Waals surface area contributed by atoms with Crippen molar-refractivity contribution >= 4 is 27.9 Å². The Kier molecular flexibility index (Phi) is 3.49. The number of thiazole rings is 1. The van der Waals surface area contributed by atoms with Crippen molar-refractivity contribution in [3.8, 4) is 11.3 Å². The molecule has 102 valence electrons. The zero-order valence-corrected chi connectivity index (χ0v) is 11.7. The number of carbonyl (C=O) groups is 1. The van der Waals surface area contributed by atoms with Gasteiger partial charge in [0.25, 0.3) is 0 Å². The van der Waals surface area contributed by atoms with Crippen LogP contribution >= 0.6 is 11.3 Å². The number of carbonyl (C=O) groups excluding carboxylic acids is 1. The van der Waals surface area contributed by atoms with Crippen molar-refractivity contribution in [2.75, 3.05) is 19.0 Å². The van der Waals surface area contributed by atoms with E-state index in [0.29, 0.717) is 0 Å². The van der Waals surface area contributed by atoms with Crippen LogP contribution in [0.5, 0.6) is 0 Å². The number of amides is 1. The fraction of sp³-hybridized carbons (Fsp3) is 0.143. The summed E-state index contributed by atoms with van der Waals surface area (Å²) in [6, 6.07) is 7.59. The van der Waals surface area contributed by atoms with Gasteiger partial charge in [0.05, 0.1) is 5.69 Å². The summed E-state index contributed by atoms with van der Waals surface area (Å²) in [5, 5.41) is 4.76. The van der Waals surface area contributed by atoms with Crippen LogP contribution in [0.1, 0.15) is 0 Å². The largest absolute Gasteiger partial charge is 0.375 e. The average molecular weight is 287 g/mol. The standard InChI is InChI=1S/C14H13N3O2S/c1-19-9-13(18)15-11-4-2-10(3-5-11)12-8-17-6-7-20-14(17)16-12/h2-8H,9H2,1H3,(H,15,18). The topological polar surface area (TPSA) is 55.6 Å². The maximum absolute atomic E-state index is 11.4. The Morgan fingerprint density at radius 3 is 2.90 bits per heavy atom. The minimum absolute atomic E-state index is 0.0546. The molecule has 0 spiro atoms. The molecule has 0 aliphatic rings. The van der Waals surface area contributed by atoms with Gasteiger partial charge in [-0.05, 0) is 12.1 Å². The number of hydrogen-bond acceptors (Lipinski definition) is 4. The maximum Gasteiger partial charge on any atom is 0.250 e. The van der Waals surface area contributed by atoms with Crippen LogP contribution < -0.4 is 5.32 Å². The Morgan fingerprint density at radius 2 is 2.20 bits per heavy atom. The number of imidazole rings is 1. The molecule has 0 saturated carbocycles. The molecule has 0 atom stereocenters. The summed E-state index contributed by atoms with van der Waals surface area (Å²) in [4.78, 5) is 16.9. The van der Waals surface area contributed by atoms with E-state index in [2.05, 4.69) is 10.3 Å². The van der Waals surface area contributed by atoms with Crippen molar-refractivity contribution in [3.05, 3.63) is 42.0 Å². The highest BCUT2D eigenvalue weighted by atomic mass is 32.1. The Balaban J connectivity index is 1.78. The van der Waals surface area contributed by atoms with Crippen LogP contribution in [-0.2, 0) is 9.53 Å². The number of benzene rings is 1. The van der Waals surface area contributed by atoms with Gasteiger partial charge in [-0.2, -0.15) is 0 Å². The number of methoxy groups -OCH3 is 1. The van der Waals surface area contributed by atoms with Gasteiger partial charge in [0.15, 0.2) is 4.96 Å². The first-order chi connectivity index (χ1) is 9.76. The van der Waals surface area contributed by atoms with E-state index >= 15 is 0 Å². The SMILES string of the molecule is COCC(=O)Nc1ccc(-c2cn3ccsc3n2)cc1. The van der Waals surface area contributed by atoms with Crippen LogP contribution in [0, 0.1) is 0 Å². The Labute approximate surface area is 119 Å². The van der Waals surface area contributed by atoms with E-state index in [4.69, 9.17) is 4.74 Å². The molecular weight excluding hydrogens is 274 g/mol. The predicted octanol–water partition coefficient (Wildman–Crippen LogP) is 2.65. The second-order valence-corrected chi connectivity index (χ2v) is 5.15. The van der Waals surface area contributed by atoms with Gasteiger partial charge < -0.3 is 10.1 Å². The van der Waals surface area contributed by atoms with Crippen LogP contribution in [0.25, 0.3) is 16.2 Å². The van der Waals surface area contributed by atoms with Crippen LogP contribution in [0.15, 0.2) is 42.0 Å². The fourth-order valence-corrected chi connectivity index (χ4v) is 2.62. The normalized spacial score (nSPS) is 10.8. The van der Waals surface area contributed by atoms with Gasteiger partial charge in [0.1, 0.15) is 6.61 Å². The minimum atomic E-state index is -0.164. The molecule has 2 aromatic heterocycles. The van der Waals surface area contributed by atoms with Gasteiger partial charge in [-0.25, -0.2) is 4.98 Å². The van der Waals surface area contributed by atoms with E-state index in [-0.39, 0.29) is 12.5 Å². The minimum Gasteiger partial charge on any atom is -0.375 e. The molecule has 0 bridgehead atoms. The van der Waals surface area contributed by atoms with E-state index in [0.717, 1.165) is 21.9 Å². The zero-order valence-electron chi connectivity index (χ0n) is 10.9. The van der Waals surface area contributed by atoms with Gasteiger partial charge in [0, 0.05) is 36.1 Å². The van der Waals surface area contributed by atoms with Crippen LogP contribution in [0.3, 0.4) is 0 Å². The van der Waals surface area contributed by atoms with E-state index in [9.17, 15) is 4.79 Å². The molecule has 5 nitrogen and oxygen atoms in total. The fourth-order valence-electron chi connectivity index (χ4n) is 1.92. The predicted molar refractivity (Wildman–Crippen MR) is 79.0 cm³/mol. The number of anilines is 1. The molecule has 20 heavy (non-hydrogen) atoms. The molecule has 3 aromatic rings. The summed E-state index contributed by atoms with van der Waals surface area (Å²) in [5.41, 5.74) is 2.69. The van der Waals surface area contributed by atoms with Crippen molar-refractivity contribution in [1.82, 2.24) is 9.38 Å².